The van der Waals surface area contributed by atoms with Gasteiger partial charge < -0.3 is 6.53 Å². The van der Waals surface area contributed by atoms with E-state index < -0.39 is 0 Å². The molecule has 0 unspecified atom stereocenters. The Balaban J connectivity index is 0. The fourth-order valence-electron chi connectivity index (χ4n) is 0.582. The number of benzene rings is 1. The summed E-state index contributed by atoms with van der Waals surface area (Å²) in [5.41, 5.74) is 0. The van der Waals surface area contributed by atoms with Gasteiger partial charge in [0.05, 0.1) is 0 Å². The molecule has 0 bridgehead atoms. The number of rotatable bonds is 1. The topological polar surface area (TPSA) is 20.2 Å². The minimum Gasteiger partial charge on any atom is -1.00 e. The molecule has 0 aliphatic rings. The summed E-state index contributed by atoms with van der Waals surface area (Å²) in [5.74, 6) is 0.327. The molecule has 1 aromatic rings. The van der Waals surface area contributed by atoms with Crippen LogP contribution >= 0.6 is 11.8 Å². The molecular formula is C7H9NaOS. The third-order valence-electron chi connectivity index (χ3n) is 1.07. The third-order valence-corrected chi connectivity index (χ3v) is 1.82. The first kappa shape index (κ1) is 10.4. The summed E-state index contributed by atoms with van der Waals surface area (Å²) < 4.78 is 0. The normalized spacial score (nSPS) is 8.50. The van der Waals surface area contributed by atoms with E-state index in [1.165, 1.54) is 4.90 Å². The average Bonchev–Trinajstić information content (AvgIpc) is 1.90. The van der Waals surface area contributed by atoms with Crippen molar-refractivity contribution >= 4 is 11.8 Å². The Kier molecular flexibility index (Phi) is 5.27. The average molecular weight is 164 g/mol. The Bertz CT molecular complexity index is 190. The van der Waals surface area contributed by atoms with Crippen LogP contribution in [0.15, 0.2) is 29.2 Å². The van der Waals surface area contributed by atoms with Crippen LogP contribution in [0, 0.1) is 0 Å². The van der Waals surface area contributed by atoms with Gasteiger partial charge in [-0.25, -0.2) is 0 Å². The van der Waals surface area contributed by atoms with Crippen molar-refractivity contribution in [2.45, 2.75) is 4.90 Å². The second kappa shape index (κ2) is 5.08. The Hall–Kier alpha value is 0.370. The maximum Gasteiger partial charge on any atom is 1.00 e. The van der Waals surface area contributed by atoms with E-state index in [4.69, 9.17) is 5.11 Å². The van der Waals surface area contributed by atoms with Gasteiger partial charge in [-0.15, -0.1) is 11.8 Å². The Morgan fingerprint density at radius 3 is 2.20 bits per heavy atom. The van der Waals surface area contributed by atoms with Crippen LogP contribution in [-0.4, -0.2) is 11.4 Å². The van der Waals surface area contributed by atoms with Crippen LogP contribution in [0.1, 0.15) is 1.43 Å². The summed E-state index contributed by atoms with van der Waals surface area (Å²) in [6.45, 7) is 0. The zero-order valence-electron chi connectivity index (χ0n) is 7.16. The standard InChI is InChI=1S/C7H8OS.Na.H/c1-9-7-4-2-6(8)3-5-7;;/h2-5,8H,1H3;;/q;+1;-1. The second-order valence-corrected chi connectivity index (χ2v) is 2.58. The molecule has 1 aromatic carbocycles. The van der Waals surface area contributed by atoms with E-state index in [9.17, 15) is 0 Å². The molecule has 1 N–H and O–H groups in total. The number of phenolic OH excluding ortho intramolecular Hbond substituents is 1. The van der Waals surface area contributed by atoms with Crippen molar-refractivity contribution < 1.29 is 36.1 Å². The number of phenols is 1. The first-order valence-corrected chi connectivity index (χ1v) is 3.88. The molecule has 0 amide bonds. The molecule has 0 heterocycles. The Labute approximate surface area is 88.6 Å². The van der Waals surface area contributed by atoms with Crippen molar-refractivity contribution in [2.75, 3.05) is 6.26 Å². The van der Waals surface area contributed by atoms with Gasteiger partial charge in [-0.3, -0.25) is 0 Å². The predicted molar refractivity (Wildman–Crippen MR) is 41.0 cm³/mol. The van der Waals surface area contributed by atoms with Gasteiger partial charge >= 0.3 is 29.6 Å². The fraction of sp³-hybridized carbons (Fsp3) is 0.143. The quantitative estimate of drug-likeness (QED) is 0.434. The predicted octanol–water partition coefficient (Wildman–Crippen LogP) is -0.769. The van der Waals surface area contributed by atoms with Crippen molar-refractivity contribution in [3.05, 3.63) is 24.3 Å². The van der Waals surface area contributed by atoms with Gasteiger partial charge in [-0.2, -0.15) is 0 Å². The summed E-state index contributed by atoms with van der Waals surface area (Å²) in [5, 5.41) is 8.84. The van der Waals surface area contributed by atoms with Crippen LogP contribution in [0.5, 0.6) is 5.75 Å². The molecule has 0 aromatic heterocycles. The number of hydrogen-bond acceptors (Lipinski definition) is 2. The molecule has 1 rings (SSSR count). The number of thioether (sulfide) groups is 1. The van der Waals surface area contributed by atoms with Gasteiger partial charge in [0.25, 0.3) is 0 Å². The van der Waals surface area contributed by atoms with Crippen LogP contribution in [0.25, 0.3) is 0 Å². The maximum absolute atomic E-state index is 8.84. The monoisotopic (exact) mass is 164 g/mol. The SMILES string of the molecule is CSc1ccc(O)cc1.[H-].[Na+]. The molecule has 0 spiro atoms. The van der Waals surface area contributed by atoms with E-state index in [0.717, 1.165) is 0 Å². The van der Waals surface area contributed by atoms with Crippen molar-refractivity contribution in [1.82, 2.24) is 0 Å². The molecule has 0 saturated carbocycles. The number of hydrogen-bond donors (Lipinski definition) is 1. The molecule has 1 nitrogen and oxygen atoms in total. The minimum absolute atomic E-state index is 0. The van der Waals surface area contributed by atoms with Crippen molar-refractivity contribution in [3.8, 4) is 5.75 Å². The van der Waals surface area contributed by atoms with E-state index in [1.54, 1.807) is 23.9 Å². The molecule has 3 heteroatoms. The van der Waals surface area contributed by atoms with Crippen LogP contribution in [-0.2, 0) is 0 Å². The second-order valence-electron chi connectivity index (χ2n) is 1.70. The van der Waals surface area contributed by atoms with Gasteiger partial charge in [0.15, 0.2) is 0 Å². The molecule has 0 fully saturated rings. The van der Waals surface area contributed by atoms with E-state index >= 15 is 0 Å². The van der Waals surface area contributed by atoms with Gasteiger partial charge in [-0.1, -0.05) is 0 Å². The van der Waals surface area contributed by atoms with E-state index in [-0.39, 0.29) is 31.0 Å². The molecule has 0 aliphatic carbocycles. The molecule has 10 heavy (non-hydrogen) atoms. The first-order chi connectivity index (χ1) is 4.33. The van der Waals surface area contributed by atoms with E-state index in [1.807, 2.05) is 18.4 Å². The van der Waals surface area contributed by atoms with Crippen molar-refractivity contribution in [1.29, 1.82) is 0 Å². The van der Waals surface area contributed by atoms with Crippen LogP contribution < -0.4 is 29.6 Å². The van der Waals surface area contributed by atoms with E-state index in [0.29, 0.717) is 5.75 Å². The van der Waals surface area contributed by atoms with Gasteiger partial charge in [0.1, 0.15) is 5.75 Å². The van der Waals surface area contributed by atoms with Gasteiger partial charge in [-0.05, 0) is 30.5 Å². The maximum atomic E-state index is 8.84. The summed E-state index contributed by atoms with van der Waals surface area (Å²) in [7, 11) is 0. The van der Waals surface area contributed by atoms with Crippen LogP contribution in [0.4, 0.5) is 0 Å². The Morgan fingerprint density at radius 1 is 1.30 bits per heavy atom. The zero-order valence-corrected chi connectivity index (χ0v) is 8.98. The van der Waals surface area contributed by atoms with Crippen molar-refractivity contribution in [3.63, 3.8) is 0 Å². The summed E-state index contributed by atoms with van der Waals surface area (Å²) in [4.78, 5) is 1.17. The molecule has 0 aliphatic heterocycles. The Morgan fingerprint density at radius 2 is 1.80 bits per heavy atom. The summed E-state index contributed by atoms with van der Waals surface area (Å²) in [6, 6.07) is 7.15. The van der Waals surface area contributed by atoms with Crippen molar-refractivity contribution in [2.24, 2.45) is 0 Å². The zero-order chi connectivity index (χ0) is 6.69. The largest absolute Gasteiger partial charge is 1.00 e. The fourth-order valence-corrected chi connectivity index (χ4v) is 0.990. The number of aromatic hydroxyl groups is 1. The minimum atomic E-state index is 0. The summed E-state index contributed by atoms with van der Waals surface area (Å²) in [6.07, 6.45) is 2.01. The molecule has 0 saturated heterocycles. The van der Waals surface area contributed by atoms with E-state index in [2.05, 4.69) is 0 Å². The van der Waals surface area contributed by atoms with Gasteiger partial charge in [0.2, 0.25) is 0 Å². The molecular weight excluding hydrogens is 155 g/mol. The molecule has 0 atom stereocenters. The smallest absolute Gasteiger partial charge is 1.00 e. The third kappa shape index (κ3) is 2.97. The molecule has 50 valence electrons. The molecule has 0 radical (unpaired) electrons. The summed E-state index contributed by atoms with van der Waals surface area (Å²) >= 11 is 1.67. The first-order valence-electron chi connectivity index (χ1n) is 2.66. The van der Waals surface area contributed by atoms with Crippen LogP contribution in [0.3, 0.4) is 0 Å². The van der Waals surface area contributed by atoms with Crippen LogP contribution in [0.2, 0.25) is 0 Å². The van der Waals surface area contributed by atoms with Gasteiger partial charge in [0, 0.05) is 4.90 Å².